The normalized spacial score (nSPS) is 21.9. The number of aromatic nitrogens is 1. The molecule has 110 valence electrons. The summed E-state index contributed by atoms with van der Waals surface area (Å²) in [6, 6.07) is 4.59. The Morgan fingerprint density at radius 1 is 1.52 bits per heavy atom. The predicted octanol–water partition coefficient (Wildman–Crippen LogP) is 2.58. The molecule has 3 heterocycles. The summed E-state index contributed by atoms with van der Waals surface area (Å²) in [5, 5.41) is 8.13. The zero-order valence-electron chi connectivity index (χ0n) is 11.1. The van der Waals surface area contributed by atoms with Gasteiger partial charge in [0.2, 0.25) is 0 Å². The van der Waals surface area contributed by atoms with Gasteiger partial charge in [0.05, 0.1) is 11.6 Å². The summed E-state index contributed by atoms with van der Waals surface area (Å²) in [6.45, 7) is 0.794. The van der Waals surface area contributed by atoms with Gasteiger partial charge in [0.25, 0.3) is 5.91 Å². The molecule has 0 unspecified atom stereocenters. The molecule has 0 radical (unpaired) electrons. The van der Waals surface area contributed by atoms with E-state index in [0.717, 1.165) is 9.78 Å². The molecule has 3 amide bonds. The molecule has 1 aliphatic rings. The number of nitrogens with one attached hydrogen (secondary N) is 1. The molecule has 1 N–H and O–H groups in total. The Balaban J connectivity index is 1.91. The number of amides is 3. The summed E-state index contributed by atoms with van der Waals surface area (Å²) in [5.41, 5.74) is -1.24. The fourth-order valence-electron chi connectivity index (χ4n) is 2.16. The minimum Gasteiger partial charge on any atom is -0.353 e. The van der Waals surface area contributed by atoms with Crippen molar-refractivity contribution in [1.29, 1.82) is 0 Å². The Hall–Kier alpha value is -2.22. The van der Waals surface area contributed by atoms with Gasteiger partial charge < -0.3 is 9.84 Å². The maximum absolute atomic E-state index is 12.6. The molecule has 1 saturated heterocycles. The number of anilines is 1. The topological polar surface area (TPSA) is 75.4 Å². The molecule has 1 atom stereocenters. The van der Waals surface area contributed by atoms with E-state index in [1.807, 2.05) is 17.5 Å². The van der Waals surface area contributed by atoms with Crippen LogP contribution in [0.1, 0.15) is 13.3 Å². The molecule has 0 aliphatic carbocycles. The average Bonchev–Trinajstić information content (AvgIpc) is 3.12. The summed E-state index contributed by atoms with van der Waals surface area (Å²) in [6.07, 6.45) is -0.0797. The van der Waals surface area contributed by atoms with Crippen molar-refractivity contribution in [2.45, 2.75) is 18.9 Å². The van der Waals surface area contributed by atoms with Gasteiger partial charge in [-0.25, -0.2) is 9.69 Å². The summed E-state index contributed by atoms with van der Waals surface area (Å²) < 4.78 is 17.7. The van der Waals surface area contributed by atoms with Crippen molar-refractivity contribution in [1.82, 2.24) is 10.5 Å². The number of carbonyl (C=O) groups is 2. The van der Waals surface area contributed by atoms with Crippen LogP contribution in [0.4, 0.5) is 15.0 Å². The average molecular weight is 309 g/mol. The van der Waals surface area contributed by atoms with Crippen LogP contribution in [0.2, 0.25) is 0 Å². The molecule has 6 nitrogen and oxygen atoms in total. The smallest absolute Gasteiger partial charge is 0.331 e. The highest BCUT2D eigenvalue weighted by Crippen LogP contribution is 2.31. The van der Waals surface area contributed by atoms with Crippen LogP contribution in [0.3, 0.4) is 0 Å². The summed E-state index contributed by atoms with van der Waals surface area (Å²) >= 11 is 1.45. The van der Waals surface area contributed by atoms with Crippen molar-refractivity contribution in [2.75, 3.05) is 11.6 Å². The van der Waals surface area contributed by atoms with Crippen LogP contribution < -0.4 is 10.2 Å². The third-order valence-corrected chi connectivity index (χ3v) is 4.23. The van der Waals surface area contributed by atoms with Crippen LogP contribution in [0.5, 0.6) is 0 Å². The van der Waals surface area contributed by atoms with Gasteiger partial charge in [-0.3, -0.25) is 9.18 Å². The zero-order valence-corrected chi connectivity index (χ0v) is 11.9. The number of carbonyl (C=O) groups excluding carboxylic acids is 2. The van der Waals surface area contributed by atoms with Crippen LogP contribution in [0.15, 0.2) is 28.1 Å². The van der Waals surface area contributed by atoms with E-state index >= 15 is 0 Å². The number of thiophene rings is 1. The number of urea groups is 1. The second kappa shape index (κ2) is 4.96. The van der Waals surface area contributed by atoms with Crippen LogP contribution in [0, 0.1) is 0 Å². The molecule has 1 fully saturated rings. The van der Waals surface area contributed by atoms with Gasteiger partial charge in [0.1, 0.15) is 5.54 Å². The van der Waals surface area contributed by atoms with Crippen LogP contribution in [-0.2, 0) is 4.79 Å². The van der Waals surface area contributed by atoms with Gasteiger partial charge in [0.15, 0.2) is 11.6 Å². The molecular weight excluding hydrogens is 297 g/mol. The van der Waals surface area contributed by atoms with E-state index in [9.17, 15) is 14.0 Å². The Labute approximate surface area is 123 Å². The summed E-state index contributed by atoms with van der Waals surface area (Å²) in [7, 11) is 0. The Bertz CT molecular complexity index is 685. The Kier molecular flexibility index (Phi) is 3.25. The van der Waals surface area contributed by atoms with Crippen molar-refractivity contribution < 1.29 is 18.5 Å². The van der Waals surface area contributed by atoms with Crippen LogP contribution in [0.25, 0.3) is 10.6 Å². The van der Waals surface area contributed by atoms with E-state index in [2.05, 4.69) is 10.5 Å². The highest BCUT2D eigenvalue weighted by atomic mass is 32.1. The second-order valence-electron chi connectivity index (χ2n) is 4.87. The number of imide groups is 1. The first-order chi connectivity index (χ1) is 10.0. The lowest BCUT2D eigenvalue weighted by molar-refractivity contribution is -0.121. The summed E-state index contributed by atoms with van der Waals surface area (Å²) in [5.74, 6) is 0.0411. The summed E-state index contributed by atoms with van der Waals surface area (Å²) in [4.78, 5) is 26.0. The van der Waals surface area contributed by atoms with E-state index in [1.165, 1.54) is 24.3 Å². The second-order valence-corrected chi connectivity index (χ2v) is 5.82. The third kappa shape index (κ3) is 2.21. The highest BCUT2D eigenvalue weighted by Gasteiger charge is 2.49. The third-order valence-electron chi connectivity index (χ3n) is 3.35. The van der Waals surface area contributed by atoms with Crippen molar-refractivity contribution in [2.24, 2.45) is 0 Å². The molecular formula is C13H12FN3O3S. The fraction of sp³-hybridized carbons (Fsp3) is 0.308. The number of halogens is 1. The molecule has 3 rings (SSSR count). The molecule has 0 saturated carbocycles. The SMILES string of the molecule is C[C@@]1(CCF)NC(=O)N(c2cc(-c3cccs3)on2)C1=O. The molecule has 2 aromatic rings. The molecule has 0 bridgehead atoms. The van der Waals surface area contributed by atoms with E-state index in [0.29, 0.717) is 5.76 Å². The van der Waals surface area contributed by atoms with Crippen molar-refractivity contribution >= 4 is 29.1 Å². The Morgan fingerprint density at radius 3 is 3.00 bits per heavy atom. The van der Waals surface area contributed by atoms with E-state index < -0.39 is 24.2 Å². The molecule has 2 aromatic heterocycles. The molecule has 0 spiro atoms. The molecule has 21 heavy (non-hydrogen) atoms. The Morgan fingerprint density at radius 2 is 2.33 bits per heavy atom. The van der Waals surface area contributed by atoms with E-state index in [-0.39, 0.29) is 12.2 Å². The number of hydrogen-bond acceptors (Lipinski definition) is 5. The number of nitrogens with zero attached hydrogens (tertiary/aromatic N) is 2. The lowest BCUT2D eigenvalue weighted by Gasteiger charge is -2.18. The predicted molar refractivity (Wildman–Crippen MR) is 74.8 cm³/mol. The van der Waals surface area contributed by atoms with Gasteiger partial charge in [-0.2, -0.15) is 0 Å². The first-order valence-electron chi connectivity index (χ1n) is 6.28. The monoisotopic (exact) mass is 309 g/mol. The quantitative estimate of drug-likeness (QED) is 0.881. The van der Waals surface area contributed by atoms with Crippen molar-refractivity contribution in [3.63, 3.8) is 0 Å². The van der Waals surface area contributed by atoms with E-state index in [4.69, 9.17) is 4.52 Å². The van der Waals surface area contributed by atoms with Gasteiger partial charge in [-0.15, -0.1) is 11.3 Å². The van der Waals surface area contributed by atoms with Crippen LogP contribution in [-0.4, -0.2) is 29.3 Å². The first kappa shape index (κ1) is 13.7. The van der Waals surface area contributed by atoms with Gasteiger partial charge in [-0.05, 0) is 18.4 Å². The number of hydrogen-bond donors (Lipinski definition) is 1. The molecule has 1 aliphatic heterocycles. The van der Waals surface area contributed by atoms with Crippen molar-refractivity contribution in [3.05, 3.63) is 23.6 Å². The fourth-order valence-corrected chi connectivity index (χ4v) is 2.83. The standard InChI is InChI=1S/C13H12FN3O3S/c1-13(4-5-14)11(18)17(12(19)15-13)10-7-8(20-16-10)9-3-2-6-21-9/h2-3,6-7H,4-5H2,1H3,(H,15,19)/t13-/m0/s1. The minimum atomic E-state index is -1.24. The molecule has 8 heteroatoms. The first-order valence-corrected chi connectivity index (χ1v) is 7.16. The highest BCUT2D eigenvalue weighted by molar-refractivity contribution is 7.13. The molecule has 0 aromatic carbocycles. The zero-order chi connectivity index (χ0) is 15.0. The lowest BCUT2D eigenvalue weighted by Crippen LogP contribution is -2.44. The van der Waals surface area contributed by atoms with Crippen LogP contribution >= 0.6 is 11.3 Å². The lowest BCUT2D eigenvalue weighted by atomic mass is 9.99. The van der Waals surface area contributed by atoms with Crippen molar-refractivity contribution in [3.8, 4) is 10.6 Å². The van der Waals surface area contributed by atoms with E-state index in [1.54, 1.807) is 0 Å². The maximum Gasteiger partial charge on any atom is 0.331 e. The largest absolute Gasteiger partial charge is 0.353 e. The number of rotatable bonds is 4. The number of alkyl halides is 1. The van der Waals surface area contributed by atoms with Gasteiger partial charge >= 0.3 is 6.03 Å². The van der Waals surface area contributed by atoms with Gasteiger partial charge in [0, 0.05) is 12.5 Å². The minimum absolute atomic E-state index is 0.0797. The maximum atomic E-state index is 12.6. The van der Waals surface area contributed by atoms with Gasteiger partial charge in [-0.1, -0.05) is 11.2 Å².